The molecule has 0 aliphatic heterocycles. The Hall–Kier alpha value is -1.84. The molecule has 0 aliphatic rings. The van der Waals surface area contributed by atoms with Gasteiger partial charge in [0.2, 0.25) is 0 Å². The number of aryl methyl sites for hydroxylation is 1. The predicted molar refractivity (Wildman–Crippen MR) is 59.3 cm³/mol. The summed E-state index contributed by atoms with van der Waals surface area (Å²) in [5.74, 6) is -0.452. The van der Waals surface area contributed by atoms with Crippen LogP contribution >= 0.6 is 0 Å². The molecule has 4 heteroatoms. The average molecular weight is 206 g/mol. The number of hydrogen-bond acceptors (Lipinski definition) is 3. The largest absolute Gasteiger partial charge is 0.478 e. The second-order valence-corrected chi connectivity index (χ2v) is 3.29. The first-order valence-electron chi connectivity index (χ1n) is 4.70. The average Bonchev–Trinajstić information content (AvgIpc) is 2.16. The monoisotopic (exact) mass is 206 g/mol. The molecular weight excluding hydrogens is 192 g/mol. The second kappa shape index (κ2) is 4.59. The Labute approximate surface area is 88.4 Å². The molecule has 0 amide bonds. The third kappa shape index (κ3) is 2.80. The van der Waals surface area contributed by atoms with E-state index in [9.17, 15) is 4.79 Å². The number of anilines is 1. The Morgan fingerprint density at radius 1 is 1.67 bits per heavy atom. The standard InChI is InChI=1S/C11H14N2O2/c1-3-8(11(14)15)5-9-6-13-10(12)4-7(9)2/h4-6H,3H2,1-2H3,(H2,12,13)(H,14,15). The van der Waals surface area contributed by atoms with Crippen LogP contribution in [0.4, 0.5) is 5.82 Å². The molecule has 1 aromatic rings. The zero-order valence-corrected chi connectivity index (χ0v) is 8.82. The molecule has 0 bridgehead atoms. The third-order valence-corrected chi connectivity index (χ3v) is 2.16. The summed E-state index contributed by atoms with van der Waals surface area (Å²) < 4.78 is 0. The summed E-state index contributed by atoms with van der Waals surface area (Å²) in [7, 11) is 0. The first-order valence-corrected chi connectivity index (χ1v) is 4.70. The van der Waals surface area contributed by atoms with Crippen molar-refractivity contribution in [2.75, 3.05) is 5.73 Å². The van der Waals surface area contributed by atoms with Crippen molar-refractivity contribution >= 4 is 17.9 Å². The minimum Gasteiger partial charge on any atom is -0.478 e. The number of aromatic nitrogens is 1. The molecule has 0 aliphatic carbocycles. The van der Waals surface area contributed by atoms with Gasteiger partial charge in [-0.3, -0.25) is 0 Å². The van der Waals surface area contributed by atoms with Gasteiger partial charge >= 0.3 is 5.97 Å². The predicted octanol–water partition coefficient (Wildman–Crippen LogP) is 1.85. The minimum absolute atomic E-state index is 0.365. The Balaban J connectivity index is 3.12. The molecule has 1 rings (SSSR count). The highest BCUT2D eigenvalue weighted by Crippen LogP contribution is 2.15. The van der Waals surface area contributed by atoms with E-state index < -0.39 is 5.97 Å². The first kappa shape index (κ1) is 11.2. The first-order chi connectivity index (χ1) is 7.04. The highest BCUT2D eigenvalue weighted by Gasteiger charge is 2.05. The van der Waals surface area contributed by atoms with Crippen LogP contribution in [0, 0.1) is 6.92 Å². The molecule has 1 heterocycles. The molecule has 0 saturated carbocycles. The molecule has 4 nitrogen and oxygen atoms in total. The number of aliphatic carboxylic acids is 1. The smallest absolute Gasteiger partial charge is 0.331 e. The third-order valence-electron chi connectivity index (χ3n) is 2.16. The van der Waals surface area contributed by atoms with Crippen LogP contribution in [0.25, 0.3) is 6.08 Å². The maximum Gasteiger partial charge on any atom is 0.331 e. The lowest BCUT2D eigenvalue weighted by molar-refractivity contribution is -0.132. The van der Waals surface area contributed by atoms with Gasteiger partial charge in [-0.25, -0.2) is 9.78 Å². The number of carbonyl (C=O) groups is 1. The maximum absolute atomic E-state index is 10.8. The number of carboxylic acids is 1. The van der Waals surface area contributed by atoms with E-state index in [1.807, 2.05) is 6.92 Å². The molecule has 0 unspecified atom stereocenters. The summed E-state index contributed by atoms with van der Waals surface area (Å²) in [6, 6.07) is 1.72. The Morgan fingerprint density at radius 2 is 2.33 bits per heavy atom. The van der Waals surface area contributed by atoms with E-state index in [0.717, 1.165) is 11.1 Å². The molecule has 1 aromatic heterocycles. The van der Waals surface area contributed by atoms with Crippen LogP contribution < -0.4 is 5.73 Å². The molecular formula is C11H14N2O2. The van der Waals surface area contributed by atoms with Crippen molar-refractivity contribution in [3.8, 4) is 0 Å². The molecule has 80 valence electrons. The SMILES string of the molecule is CCC(=Cc1cnc(N)cc1C)C(=O)O. The zero-order valence-electron chi connectivity index (χ0n) is 8.82. The van der Waals surface area contributed by atoms with Crippen LogP contribution in [0.5, 0.6) is 0 Å². The highest BCUT2D eigenvalue weighted by molar-refractivity contribution is 5.92. The van der Waals surface area contributed by atoms with E-state index in [4.69, 9.17) is 10.8 Å². The van der Waals surface area contributed by atoms with Gasteiger partial charge in [-0.1, -0.05) is 6.92 Å². The second-order valence-electron chi connectivity index (χ2n) is 3.29. The van der Waals surface area contributed by atoms with Gasteiger partial charge in [0, 0.05) is 11.8 Å². The number of pyridine rings is 1. The minimum atomic E-state index is -0.895. The van der Waals surface area contributed by atoms with Gasteiger partial charge < -0.3 is 10.8 Å². The van der Waals surface area contributed by atoms with Crippen LogP contribution in [0.1, 0.15) is 24.5 Å². The van der Waals surface area contributed by atoms with Crippen LogP contribution in [0.3, 0.4) is 0 Å². The Morgan fingerprint density at radius 3 is 2.80 bits per heavy atom. The summed E-state index contributed by atoms with van der Waals surface area (Å²) in [5.41, 5.74) is 7.59. The van der Waals surface area contributed by atoms with Crippen molar-refractivity contribution in [1.82, 2.24) is 4.98 Å². The van der Waals surface area contributed by atoms with E-state index in [2.05, 4.69) is 4.98 Å². The molecule has 0 spiro atoms. The van der Waals surface area contributed by atoms with Crippen molar-refractivity contribution in [2.24, 2.45) is 0 Å². The number of nitrogen functional groups attached to an aromatic ring is 1. The lowest BCUT2D eigenvalue weighted by atomic mass is 10.1. The number of nitrogens with zero attached hydrogens (tertiary/aromatic N) is 1. The van der Waals surface area contributed by atoms with Gasteiger partial charge in [-0.2, -0.15) is 0 Å². The number of carboxylic acid groups (broad SMARTS) is 1. The zero-order chi connectivity index (χ0) is 11.4. The quantitative estimate of drug-likeness (QED) is 0.740. The van der Waals surface area contributed by atoms with Gasteiger partial charge in [-0.05, 0) is 36.6 Å². The molecule has 0 saturated heterocycles. The van der Waals surface area contributed by atoms with Gasteiger partial charge in [0.05, 0.1) is 0 Å². The van der Waals surface area contributed by atoms with E-state index >= 15 is 0 Å². The van der Waals surface area contributed by atoms with Crippen LogP contribution in [0.2, 0.25) is 0 Å². The molecule has 0 atom stereocenters. The lowest BCUT2D eigenvalue weighted by Crippen LogP contribution is -2.00. The van der Waals surface area contributed by atoms with E-state index in [0.29, 0.717) is 17.8 Å². The normalized spacial score (nSPS) is 11.5. The van der Waals surface area contributed by atoms with Crippen LogP contribution in [-0.2, 0) is 4.79 Å². The molecule has 3 N–H and O–H groups in total. The summed E-state index contributed by atoms with van der Waals surface area (Å²) in [5, 5.41) is 8.87. The lowest BCUT2D eigenvalue weighted by Gasteiger charge is -2.03. The number of rotatable bonds is 3. The molecule has 0 fully saturated rings. The number of nitrogens with two attached hydrogens (primary N) is 1. The van der Waals surface area contributed by atoms with Crippen molar-refractivity contribution < 1.29 is 9.90 Å². The molecule has 0 aromatic carbocycles. The van der Waals surface area contributed by atoms with Crippen molar-refractivity contribution in [1.29, 1.82) is 0 Å². The summed E-state index contributed by atoms with van der Waals surface area (Å²) in [6.07, 6.45) is 3.70. The maximum atomic E-state index is 10.8. The van der Waals surface area contributed by atoms with Crippen molar-refractivity contribution in [2.45, 2.75) is 20.3 Å². The summed E-state index contributed by atoms with van der Waals surface area (Å²) in [4.78, 5) is 14.7. The van der Waals surface area contributed by atoms with E-state index in [-0.39, 0.29) is 0 Å². The molecule has 0 radical (unpaired) electrons. The van der Waals surface area contributed by atoms with Crippen molar-refractivity contribution in [3.05, 3.63) is 29.0 Å². The van der Waals surface area contributed by atoms with Gasteiger partial charge in [0.1, 0.15) is 5.82 Å². The van der Waals surface area contributed by atoms with E-state index in [1.54, 1.807) is 25.3 Å². The summed E-state index contributed by atoms with van der Waals surface area (Å²) in [6.45, 7) is 3.68. The fourth-order valence-corrected chi connectivity index (χ4v) is 1.24. The fourth-order valence-electron chi connectivity index (χ4n) is 1.24. The van der Waals surface area contributed by atoms with Gasteiger partial charge in [-0.15, -0.1) is 0 Å². The fraction of sp³-hybridized carbons (Fsp3) is 0.273. The topological polar surface area (TPSA) is 76.2 Å². The summed E-state index contributed by atoms with van der Waals surface area (Å²) >= 11 is 0. The Bertz CT molecular complexity index is 411. The number of hydrogen-bond donors (Lipinski definition) is 2. The highest BCUT2D eigenvalue weighted by atomic mass is 16.4. The van der Waals surface area contributed by atoms with Crippen LogP contribution in [0.15, 0.2) is 17.8 Å². The Kier molecular flexibility index (Phi) is 3.44. The van der Waals surface area contributed by atoms with E-state index in [1.165, 1.54) is 0 Å². The van der Waals surface area contributed by atoms with Crippen LogP contribution in [-0.4, -0.2) is 16.1 Å². The van der Waals surface area contributed by atoms with Gasteiger partial charge in [0.15, 0.2) is 0 Å². The molecule has 15 heavy (non-hydrogen) atoms. The van der Waals surface area contributed by atoms with Gasteiger partial charge in [0.25, 0.3) is 0 Å². The van der Waals surface area contributed by atoms with Crippen molar-refractivity contribution in [3.63, 3.8) is 0 Å².